The Morgan fingerprint density at radius 3 is 2.42 bits per heavy atom. The quantitative estimate of drug-likeness (QED) is 0.487. The van der Waals surface area contributed by atoms with Crippen LogP contribution in [-0.2, 0) is 4.57 Å². The fraction of sp³-hybridized carbons (Fsp3) is 0.714. The molecule has 12 heavy (non-hydrogen) atoms. The van der Waals surface area contributed by atoms with Crippen molar-refractivity contribution in [3.8, 4) is 0 Å². The predicted octanol–water partition coefficient (Wildman–Crippen LogP) is 1.64. The molecule has 0 bridgehead atoms. The summed E-state index contributed by atoms with van der Waals surface area (Å²) in [6.45, 7) is 7.18. The van der Waals surface area contributed by atoms with E-state index in [-0.39, 0.29) is 17.0 Å². The summed E-state index contributed by atoms with van der Waals surface area (Å²) in [5, 5.41) is 0. The van der Waals surface area contributed by atoms with E-state index in [1.165, 1.54) is 0 Å². The highest BCUT2D eigenvalue weighted by Crippen LogP contribution is 2.48. The van der Waals surface area contributed by atoms with Crippen LogP contribution in [0.15, 0.2) is 11.5 Å². The molecule has 0 radical (unpaired) electrons. The fourth-order valence-corrected chi connectivity index (χ4v) is 3.15. The van der Waals surface area contributed by atoms with Crippen LogP contribution in [0.1, 0.15) is 13.8 Å². The molecule has 0 rings (SSSR count). The van der Waals surface area contributed by atoms with Crippen LogP contribution in [-0.4, -0.2) is 16.8 Å². The maximum absolute atomic E-state index is 11.5. The molecule has 0 aromatic carbocycles. The van der Waals surface area contributed by atoms with Crippen molar-refractivity contribution in [2.24, 2.45) is 11.7 Å². The van der Waals surface area contributed by atoms with Crippen LogP contribution in [0, 0.1) is 5.92 Å². The standard InChI is InChI=1S/C7H16NO2PS/c1-5(2)4-11(9,10)7(8)6(3)12/h5,7,12H,3-4,8H2,1-2H3,(H,9,10). The van der Waals surface area contributed by atoms with E-state index in [4.69, 9.17) is 5.73 Å². The summed E-state index contributed by atoms with van der Waals surface area (Å²) < 4.78 is 11.5. The molecule has 2 atom stereocenters. The Bertz CT molecular complexity index is 217. The minimum absolute atomic E-state index is 0.152. The zero-order valence-electron chi connectivity index (χ0n) is 7.40. The van der Waals surface area contributed by atoms with Gasteiger partial charge in [0.15, 0.2) is 0 Å². The van der Waals surface area contributed by atoms with Crippen molar-refractivity contribution in [3.05, 3.63) is 11.5 Å². The summed E-state index contributed by atoms with van der Waals surface area (Å²) >= 11 is 3.86. The van der Waals surface area contributed by atoms with Gasteiger partial charge in [-0.3, -0.25) is 4.57 Å². The number of hydrogen-bond donors (Lipinski definition) is 3. The minimum Gasteiger partial charge on any atom is -0.343 e. The molecule has 0 fully saturated rings. The molecule has 0 aliphatic heterocycles. The second kappa shape index (κ2) is 4.47. The normalized spacial score (nSPS) is 18.8. The van der Waals surface area contributed by atoms with E-state index < -0.39 is 13.2 Å². The first-order valence-electron chi connectivity index (χ1n) is 3.72. The van der Waals surface area contributed by atoms with Gasteiger partial charge < -0.3 is 10.6 Å². The zero-order chi connectivity index (χ0) is 9.94. The van der Waals surface area contributed by atoms with Gasteiger partial charge in [-0.2, -0.15) is 0 Å². The first kappa shape index (κ1) is 12.2. The van der Waals surface area contributed by atoms with Crippen LogP contribution in [0.4, 0.5) is 0 Å². The summed E-state index contributed by atoms with van der Waals surface area (Å²) in [5.41, 5.74) is 5.45. The largest absolute Gasteiger partial charge is 0.343 e. The van der Waals surface area contributed by atoms with E-state index in [9.17, 15) is 9.46 Å². The third-order valence-electron chi connectivity index (χ3n) is 1.40. The van der Waals surface area contributed by atoms with Crippen molar-refractivity contribution < 1.29 is 9.46 Å². The van der Waals surface area contributed by atoms with Gasteiger partial charge in [-0.15, -0.1) is 12.6 Å². The topological polar surface area (TPSA) is 63.3 Å². The molecule has 3 nitrogen and oxygen atoms in total. The Kier molecular flexibility index (Phi) is 4.56. The predicted molar refractivity (Wildman–Crippen MR) is 55.6 cm³/mol. The highest BCUT2D eigenvalue weighted by atomic mass is 32.1. The molecule has 0 saturated carbocycles. The summed E-state index contributed by atoms with van der Waals surface area (Å²) in [6, 6.07) is 0. The number of rotatable bonds is 4. The minimum atomic E-state index is -3.29. The van der Waals surface area contributed by atoms with E-state index in [0.29, 0.717) is 0 Å². The van der Waals surface area contributed by atoms with Gasteiger partial charge in [-0.1, -0.05) is 20.4 Å². The van der Waals surface area contributed by atoms with Crippen LogP contribution in [0.5, 0.6) is 0 Å². The van der Waals surface area contributed by atoms with Gasteiger partial charge in [0, 0.05) is 11.1 Å². The van der Waals surface area contributed by atoms with Gasteiger partial charge in [-0.05, 0) is 5.92 Å². The van der Waals surface area contributed by atoms with Gasteiger partial charge in [0.1, 0.15) is 5.78 Å². The van der Waals surface area contributed by atoms with Crippen molar-refractivity contribution in [2.45, 2.75) is 19.6 Å². The van der Waals surface area contributed by atoms with Crippen LogP contribution in [0.2, 0.25) is 0 Å². The molecular formula is C7H16NO2PS. The Balaban J connectivity index is 4.40. The fourth-order valence-electron chi connectivity index (χ4n) is 0.870. The molecular weight excluding hydrogens is 193 g/mol. The lowest BCUT2D eigenvalue weighted by atomic mass is 10.3. The van der Waals surface area contributed by atoms with Crippen LogP contribution < -0.4 is 5.73 Å². The summed E-state index contributed by atoms with van der Waals surface area (Å²) in [4.78, 5) is 9.71. The average molecular weight is 209 g/mol. The summed E-state index contributed by atoms with van der Waals surface area (Å²) in [7, 11) is -3.29. The summed E-state index contributed by atoms with van der Waals surface area (Å²) in [5.74, 6) is -0.747. The zero-order valence-corrected chi connectivity index (χ0v) is 9.19. The number of nitrogens with two attached hydrogens (primary N) is 1. The van der Waals surface area contributed by atoms with Crippen molar-refractivity contribution in [3.63, 3.8) is 0 Å². The van der Waals surface area contributed by atoms with Crippen molar-refractivity contribution in [1.29, 1.82) is 0 Å². The van der Waals surface area contributed by atoms with Crippen LogP contribution in [0.3, 0.4) is 0 Å². The maximum atomic E-state index is 11.5. The van der Waals surface area contributed by atoms with Crippen LogP contribution in [0.25, 0.3) is 0 Å². The van der Waals surface area contributed by atoms with E-state index in [2.05, 4.69) is 19.2 Å². The van der Waals surface area contributed by atoms with E-state index in [1.54, 1.807) is 0 Å². The first-order chi connectivity index (χ1) is 5.27. The highest BCUT2D eigenvalue weighted by Gasteiger charge is 2.29. The van der Waals surface area contributed by atoms with E-state index >= 15 is 0 Å². The van der Waals surface area contributed by atoms with Crippen molar-refractivity contribution in [1.82, 2.24) is 0 Å². The second-order valence-electron chi connectivity index (χ2n) is 3.27. The second-order valence-corrected chi connectivity index (χ2v) is 6.28. The van der Waals surface area contributed by atoms with Crippen molar-refractivity contribution >= 4 is 20.0 Å². The molecule has 3 N–H and O–H groups in total. The molecule has 2 unspecified atom stereocenters. The molecule has 72 valence electrons. The monoisotopic (exact) mass is 209 g/mol. The van der Waals surface area contributed by atoms with Gasteiger partial charge in [0.25, 0.3) is 0 Å². The molecule has 0 aromatic heterocycles. The lowest BCUT2D eigenvalue weighted by Gasteiger charge is -2.20. The third kappa shape index (κ3) is 3.76. The van der Waals surface area contributed by atoms with Crippen LogP contribution >= 0.6 is 20.0 Å². The Morgan fingerprint density at radius 1 is 1.75 bits per heavy atom. The van der Waals surface area contributed by atoms with Gasteiger partial charge >= 0.3 is 0 Å². The average Bonchev–Trinajstić information content (AvgIpc) is 1.82. The third-order valence-corrected chi connectivity index (χ3v) is 4.32. The molecule has 0 spiro atoms. The lowest BCUT2D eigenvalue weighted by Crippen LogP contribution is -2.22. The smallest absolute Gasteiger partial charge is 0.221 e. The molecule has 5 heteroatoms. The number of hydrogen-bond acceptors (Lipinski definition) is 3. The molecule has 0 amide bonds. The molecule has 0 saturated heterocycles. The van der Waals surface area contributed by atoms with Gasteiger partial charge in [0.2, 0.25) is 7.37 Å². The SMILES string of the molecule is C=C(S)C(N)P(=O)(O)CC(C)C. The molecule has 0 aliphatic carbocycles. The summed E-state index contributed by atoms with van der Waals surface area (Å²) in [6.07, 6.45) is 0.216. The molecule has 0 aromatic rings. The number of thiol groups is 1. The molecule has 0 heterocycles. The Labute approximate surface area is 78.9 Å². The highest BCUT2D eigenvalue weighted by molar-refractivity contribution is 7.85. The first-order valence-corrected chi connectivity index (χ1v) is 6.08. The van der Waals surface area contributed by atoms with Crippen molar-refractivity contribution in [2.75, 3.05) is 6.16 Å². The van der Waals surface area contributed by atoms with E-state index in [1.807, 2.05) is 13.8 Å². The maximum Gasteiger partial charge on any atom is 0.221 e. The van der Waals surface area contributed by atoms with Gasteiger partial charge in [-0.25, -0.2) is 0 Å². The molecule has 0 aliphatic rings. The lowest BCUT2D eigenvalue weighted by molar-refractivity contribution is 0.461. The van der Waals surface area contributed by atoms with Gasteiger partial charge in [0.05, 0.1) is 0 Å². The Morgan fingerprint density at radius 2 is 2.17 bits per heavy atom. The van der Waals surface area contributed by atoms with E-state index in [0.717, 1.165) is 0 Å². The Hall–Kier alpha value is 0.240.